The van der Waals surface area contributed by atoms with Crippen LogP contribution in [-0.4, -0.2) is 52.0 Å². The van der Waals surface area contributed by atoms with Crippen molar-refractivity contribution in [3.8, 4) is 11.1 Å². The van der Waals surface area contributed by atoms with Crippen molar-refractivity contribution >= 4 is 12.4 Å². The quantitative estimate of drug-likeness (QED) is 0.626. The molecule has 0 N–H and O–H groups in total. The first-order valence-electron chi connectivity index (χ1n) is 10.1. The molecule has 2 heterocycles. The van der Waals surface area contributed by atoms with Gasteiger partial charge in [-0.25, -0.2) is 9.48 Å². The van der Waals surface area contributed by atoms with Crippen LogP contribution in [0.15, 0.2) is 60.9 Å². The number of hydrogen-bond donors (Lipinski definition) is 0. The Kier molecular flexibility index (Phi) is 4.58. The molecule has 1 saturated heterocycles. The Hall–Kier alpha value is -3.48. The highest BCUT2D eigenvalue weighted by Gasteiger charge is 2.39. The Morgan fingerprint density at radius 3 is 2.27 bits per heavy atom. The SMILES string of the molecule is O=CC1(n2ccnn2)CCN(C(=O)OCC2c3ccccc3-c3ccccc32)CC1. The summed E-state index contributed by atoms with van der Waals surface area (Å²) in [6.45, 7) is 1.18. The molecular formula is C23H22N4O3. The fourth-order valence-electron chi connectivity index (χ4n) is 4.61. The number of nitrogens with zero attached hydrogens (tertiary/aromatic N) is 4. The number of aldehydes is 1. The Bertz CT molecular complexity index is 1030. The predicted molar refractivity (Wildman–Crippen MR) is 110 cm³/mol. The Labute approximate surface area is 174 Å². The third-order valence-electron chi connectivity index (χ3n) is 6.32. The monoisotopic (exact) mass is 402 g/mol. The summed E-state index contributed by atoms with van der Waals surface area (Å²) in [4.78, 5) is 26.2. The standard InChI is InChI=1S/C23H22N4O3/c28-16-23(27-14-11-24-25-27)9-12-26(13-10-23)22(29)30-15-21-19-7-3-1-5-17(19)18-6-2-4-8-20(18)21/h1-8,11,14,16,21H,9-10,12-13,15H2. The van der Waals surface area contributed by atoms with Gasteiger partial charge in [-0.15, -0.1) is 5.10 Å². The van der Waals surface area contributed by atoms with E-state index in [1.165, 1.54) is 22.3 Å². The number of ether oxygens (including phenoxy) is 1. The van der Waals surface area contributed by atoms with E-state index in [0.29, 0.717) is 32.5 Å². The molecule has 1 amide bonds. The molecule has 5 rings (SSSR count). The topological polar surface area (TPSA) is 77.3 Å². The third-order valence-corrected chi connectivity index (χ3v) is 6.32. The number of rotatable bonds is 4. The highest BCUT2D eigenvalue weighted by Crippen LogP contribution is 2.44. The zero-order valence-electron chi connectivity index (χ0n) is 16.5. The second-order valence-corrected chi connectivity index (χ2v) is 7.86. The van der Waals surface area contributed by atoms with Crippen molar-refractivity contribution in [3.63, 3.8) is 0 Å². The van der Waals surface area contributed by atoms with Crippen LogP contribution in [0.1, 0.15) is 29.9 Å². The zero-order valence-corrected chi connectivity index (χ0v) is 16.5. The molecule has 2 aliphatic rings. The normalized spacial score (nSPS) is 17.3. The molecule has 7 nitrogen and oxygen atoms in total. The number of likely N-dealkylation sites (tertiary alicyclic amines) is 1. The smallest absolute Gasteiger partial charge is 0.409 e. The Balaban J connectivity index is 1.26. The van der Waals surface area contributed by atoms with Gasteiger partial charge in [0.25, 0.3) is 0 Å². The fourth-order valence-corrected chi connectivity index (χ4v) is 4.61. The lowest BCUT2D eigenvalue weighted by Crippen LogP contribution is -2.49. The van der Waals surface area contributed by atoms with Crippen molar-refractivity contribution < 1.29 is 14.3 Å². The first-order valence-corrected chi connectivity index (χ1v) is 10.1. The molecule has 7 heteroatoms. The van der Waals surface area contributed by atoms with Crippen LogP contribution in [0.5, 0.6) is 0 Å². The van der Waals surface area contributed by atoms with Gasteiger partial charge in [0.15, 0.2) is 0 Å². The number of benzene rings is 2. The predicted octanol–water partition coefficient (Wildman–Crippen LogP) is 3.22. The van der Waals surface area contributed by atoms with Crippen LogP contribution >= 0.6 is 0 Å². The highest BCUT2D eigenvalue weighted by molar-refractivity contribution is 5.79. The molecule has 1 aliphatic carbocycles. The van der Waals surface area contributed by atoms with E-state index >= 15 is 0 Å². The second-order valence-electron chi connectivity index (χ2n) is 7.86. The van der Waals surface area contributed by atoms with Gasteiger partial charge in [0, 0.05) is 25.2 Å². The van der Waals surface area contributed by atoms with E-state index in [-0.39, 0.29) is 12.0 Å². The summed E-state index contributed by atoms with van der Waals surface area (Å²) in [5, 5.41) is 7.79. The summed E-state index contributed by atoms with van der Waals surface area (Å²) >= 11 is 0. The molecule has 1 aromatic heterocycles. The van der Waals surface area contributed by atoms with Crippen molar-refractivity contribution in [1.29, 1.82) is 0 Å². The number of aromatic nitrogens is 3. The van der Waals surface area contributed by atoms with Gasteiger partial charge >= 0.3 is 6.09 Å². The summed E-state index contributed by atoms with van der Waals surface area (Å²) in [5.41, 5.74) is 4.05. The molecule has 0 radical (unpaired) electrons. The summed E-state index contributed by atoms with van der Waals surface area (Å²) in [7, 11) is 0. The molecule has 0 saturated carbocycles. The van der Waals surface area contributed by atoms with Gasteiger partial charge in [-0.3, -0.25) is 0 Å². The van der Waals surface area contributed by atoms with Crippen molar-refractivity contribution in [2.75, 3.05) is 19.7 Å². The number of amides is 1. The first kappa shape index (κ1) is 18.5. The molecule has 0 bridgehead atoms. The highest BCUT2D eigenvalue weighted by atomic mass is 16.6. The van der Waals surface area contributed by atoms with Crippen LogP contribution in [0, 0.1) is 0 Å². The van der Waals surface area contributed by atoms with Crippen molar-refractivity contribution in [3.05, 3.63) is 72.1 Å². The fraction of sp³-hybridized carbons (Fsp3) is 0.304. The lowest BCUT2D eigenvalue weighted by molar-refractivity contribution is -0.118. The van der Waals surface area contributed by atoms with Gasteiger partial charge in [0.1, 0.15) is 18.4 Å². The number of piperidine rings is 1. The number of fused-ring (bicyclic) bond motifs is 3. The molecule has 0 spiro atoms. The maximum Gasteiger partial charge on any atom is 0.409 e. The van der Waals surface area contributed by atoms with Crippen LogP contribution < -0.4 is 0 Å². The van der Waals surface area contributed by atoms with Crippen molar-refractivity contribution in [2.24, 2.45) is 0 Å². The van der Waals surface area contributed by atoms with E-state index in [4.69, 9.17) is 4.74 Å². The van der Waals surface area contributed by atoms with Gasteiger partial charge < -0.3 is 14.4 Å². The number of carbonyl (C=O) groups is 2. The summed E-state index contributed by atoms with van der Waals surface area (Å²) in [6.07, 6.45) is 4.81. The Morgan fingerprint density at radius 1 is 1.07 bits per heavy atom. The zero-order chi connectivity index (χ0) is 20.6. The minimum Gasteiger partial charge on any atom is -0.448 e. The maximum atomic E-state index is 12.7. The molecule has 152 valence electrons. The van der Waals surface area contributed by atoms with Gasteiger partial charge in [0.05, 0.1) is 6.20 Å². The molecule has 3 aromatic rings. The van der Waals surface area contributed by atoms with E-state index in [1.807, 2.05) is 24.3 Å². The van der Waals surface area contributed by atoms with Crippen LogP contribution in [-0.2, 0) is 15.1 Å². The van der Waals surface area contributed by atoms with E-state index in [9.17, 15) is 9.59 Å². The average molecular weight is 402 g/mol. The van der Waals surface area contributed by atoms with Crippen molar-refractivity contribution in [1.82, 2.24) is 19.9 Å². The van der Waals surface area contributed by atoms with Crippen molar-refractivity contribution in [2.45, 2.75) is 24.3 Å². The van der Waals surface area contributed by atoms with Crippen LogP contribution in [0.3, 0.4) is 0 Å². The van der Waals surface area contributed by atoms with Crippen LogP contribution in [0.4, 0.5) is 4.79 Å². The van der Waals surface area contributed by atoms with Gasteiger partial charge in [0.2, 0.25) is 0 Å². The van der Waals surface area contributed by atoms with E-state index in [1.54, 1.807) is 22.0 Å². The molecule has 2 aromatic carbocycles. The molecule has 30 heavy (non-hydrogen) atoms. The van der Waals surface area contributed by atoms with Gasteiger partial charge in [-0.2, -0.15) is 0 Å². The third kappa shape index (κ3) is 2.98. The lowest BCUT2D eigenvalue weighted by Gasteiger charge is -2.37. The number of carbonyl (C=O) groups excluding carboxylic acids is 2. The Morgan fingerprint density at radius 2 is 1.70 bits per heavy atom. The molecule has 0 unspecified atom stereocenters. The number of hydrogen-bond acceptors (Lipinski definition) is 5. The van der Waals surface area contributed by atoms with E-state index in [0.717, 1.165) is 6.29 Å². The molecule has 0 atom stereocenters. The minimum atomic E-state index is -0.739. The minimum absolute atomic E-state index is 0.0374. The summed E-state index contributed by atoms with van der Waals surface area (Å²) < 4.78 is 7.33. The second kappa shape index (κ2) is 7.40. The van der Waals surface area contributed by atoms with E-state index < -0.39 is 5.54 Å². The van der Waals surface area contributed by atoms with Gasteiger partial charge in [-0.1, -0.05) is 53.7 Å². The molecule has 1 aliphatic heterocycles. The summed E-state index contributed by atoms with van der Waals surface area (Å²) in [5.74, 6) is 0.0374. The first-order chi connectivity index (χ1) is 14.7. The molecular weight excluding hydrogens is 380 g/mol. The summed E-state index contributed by atoms with van der Waals surface area (Å²) in [6, 6.07) is 16.5. The largest absolute Gasteiger partial charge is 0.448 e. The van der Waals surface area contributed by atoms with Gasteiger partial charge in [-0.05, 0) is 35.1 Å². The average Bonchev–Trinajstić information content (AvgIpc) is 3.45. The molecule has 1 fully saturated rings. The van der Waals surface area contributed by atoms with E-state index in [2.05, 4.69) is 34.6 Å². The lowest BCUT2D eigenvalue weighted by atomic mass is 9.89. The van der Waals surface area contributed by atoms with Crippen LogP contribution in [0.25, 0.3) is 11.1 Å². The van der Waals surface area contributed by atoms with Crippen LogP contribution in [0.2, 0.25) is 0 Å². The maximum absolute atomic E-state index is 12.7.